The lowest BCUT2D eigenvalue weighted by molar-refractivity contribution is -0.331. The summed E-state index contributed by atoms with van der Waals surface area (Å²) in [5.74, 6) is -37.5. The van der Waals surface area contributed by atoms with Crippen LogP contribution >= 0.6 is 0 Å². The van der Waals surface area contributed by atoms with Crippen molar-refractivity contribution < 1.29 is 71.6 Å². The highest BCUT2D eigenvalue weighted by Gasteiger charge is 2.72. The molecule has 1 aliphatic heterocycles. The molecule has 0 radical (unpaired) electrons. The third-order valence-electron chi connectivity index (χ3n) is 6.97. The highest BCUT2D eigenvalue weighted by Crippen LogP contribution is 2.47. The van der Waals surface area contributed by atoms with E-state index in [1.165, 1.54) is 48.6 Å². The first-order valence-corrected chi connectivity index (χ1v) is 12.6. The molecule has 1 saturated heterocycles. The predicted octanol–water partition coefficient (Wildman–Crippen LogP) is 6.60. The number of hydrogen-bond acceptors (Lipinski definition) is 4. The van der Waals surface area contributed by atoms with E-state index in [1.807, 2.05) is 0 Å². The molecule has 0 amide bonds. The van der Waals surface area contributed by atoms with Crippen molar-refractivity contribution in [1.82, 2.24) is 0 Å². The summed E-state index contributed by atoms with van der Waals surface area (Å²) in [6.07, 6.45) is 10.3. The molecule has 0 N–H and O–H groups in total. The van der Waals surface area contributed by atoms with Crippen LogP contribution < -0.4 is 0 Å². The molecule has 1 heterocycles. The monoisotopic (exact) mass is 632 g/mol. The van der Waals surface area contributed by atoms with Crippen LogP contribution in [0.2, 0.25) is 0 Å². The van der Waals surface area contributed by atoms with Crippen LogP contribution in [0.15, 0.2) is 48.6 Å². The molecule has 4 unspecified atom stereocenters. The summed E-state index contributed by atoms with van der Waals surface area (Å²) in [5, 5.41) is 0. The Labute approximate surface area is 233 Å². The van der Waals surface area contributed by atoms with Gasteiger partial charge in [0.2, 0.25) is 0 Å². The van der Waals surface area contributed by atoms with Crippen molar-refractivity contribution in [2.45, 2.75) is 35.5 Å². The lowest BCUT2D eigenvalue weighted by atomic mass is 9.89. The Morgan fingerprint density at radius 2 is 0.548 bits per heavy atom. The minimum absolute atomic E-state index is 0.812. The predicted molar refractivity (Wildman–Crippen MR) is 123 cm³/mol. The molecule has 2 aliphatic carbocycles. The highest BCUT2D eigenvalue weighted by molar-refractivity contribution is 5.15. The summed E-state index contributed by atoms with van der Waals surface area (Å²) in [7, 11) is 0. The van der Waals surface area contributed by atoms with E-state index in [1.54, 1.807) is 0 Å². The van der Waals surface area contributed by atoms with Crippen molar-refractivity contribution in [3.8, 4) is 0 Å². The van der Waals surface area contributed by atoms with Crippen molar-refractivity contribution in [2.24, 2.45) is 23.7 Å². The fraction of sp³-hybridized carbons (Fsp3) is 0.692. The first kappa shape index (κ1) is 34.5. The highest BCUT2D eigenvalue weighted by atomic mass is 19.4. The van der Waals surface area contributed by atoms with Gasteiger partial charge in [0.05, 0.1) is 26.4 Å². The van der Waals surface area contributed by atoms with E-state index < -0.39 is 112 Å². The van der Waals surface area contributed by atoms with Gasteiger partial charge in [-0.25, -0.2) is 0 Å². The molecule has 4 atom stereocenters. The summed E-state index contributed by atoms with van der Waals surface area (Å²) in [6.45, 7) is -11.9. The molecule has 0 aromatic rings. The lowest BCUT2D eigenvalue weighted by Crippen LogP contribution is -2.58. The molecule has 240 valence electrons. The normalized spacial score (nSPS) is 34.8. The van der Waals surface area contributed by atoms with Gasteiger partial charge in [-0.05, 0) is 0 Å². The number of fused-ring (bicyclic) bond motifs is 2. The van der Waals surface area contributed by atoms with E-state index in [0.29, 0.717) is 0 Å². The molecule has 42 heavy (non-hydrogen) atoms. The van der Waals surface area contributed by atoms with Gasteiger partial charge in [-0.1, -0.05) is 48.6 Å². The molecule has 16 heteroatoms. The minimum Gasteiger partial charge on any atom is -0.374 e. The maximum atomic E-state index is 14.3. The molecule has 3 rings (SSSR count). The van der Waals surface area contributed by atoms with Crippen LogP contribution in [0, 0.1) is 23.7 Å². The van der Waals surface area contributed by atoms with Gasteiger partial charge in [-0.3, -0.25) is 0 Å². The molecule has 4 nitrogen and oxygen atoms in total. The number of rotatable bonds is 0. The first-order chi connectivity index (χ1) is 19.3. The summed E-state index contributed by atoms with van der Waals surface area (Å²) in [5.41, 5.74) is 0. The quantitative estimate of drug-likeness (QED) is 0.283. The van der Waals surface area contributed by atoms with Crippen LogP contribution in [0.5, 0.6) is 0 Å². The van der Waals surface area contributed by atoms with Gasteiger partial charge in [0, 0.05) is 23.7 Å². The molecule has 0 bridgehead atoms. The summed E-state index contributed by atoms with van der Waals surface area (Å²) in [6, 6.07) is 0. The van der Waals surface area contributed by atoms with E-state index in [-0.39, 0.29) is 0 Å². The molecule has 0 aromatic heterocycles. The Hall–Kier alpha value is -2.04. The SMILES string of the molecule is FC1(F)COCC2C=CC=CC2COCC(F)(F)C(F)(F)C(F)(F)COCC2C=CC=CC2COCC(F)(F)C1(F)F. The van der Waals surface area contributed by atoms with Crippen LogP contribution in [0.25, 0.3) is 0 Å². The molecule has 0 saturated carbocycles. The Morgan fingerprint density at radius 3 is 0.738 bits per heavy atom. The molecule has 3 aliphatic rings. The average molecular weight is 632 g/mol. The topological polar surface area (TPSA) is 36.9 Å². The molecule has 0 spiro atoms. The smallest absolute Gasteiger partial charge is 0.374 e. The second-order valence-electron chi connectivity index (χ2n) is 10.2. The van der Waals surface area contributed by atoms with Crippen LogP contribution in [-0.4, -0.2) is 88.4 Å². The van der Waals surface area contributed by atoms with Gasteiger partial charge in [0.15, 0.2) is 0 Å². The van der Waals surface area contributed by atoms with Gasteiger partial charge >= 0.3 is 35.5 Å². The van der Waals surface area contributed by atoms with Crippen molar-refractivity contribution in [3.05, 3.63) is 48.6 Å². The number of alkyl halides is 12. The lowest BCUT2D eigenvalue weighted by Gasteiger charge is -2.34. The standard InChI is InChI=1S/C26H28F12O4/c27-21(28)13-39-9-17-5-1-2-6-18(17)10-40-14-22(29,30)26(37,38)24(33,34)16-42-12-20-8-4-3-7-19(20)11-41-15-23(31,32)25(21,35)36/h1-8,17-20H,9-16H2. The number of hydrogen-bond donors (Lipinski definition) is 0. The fourth-order valence-electron chi connectivity index (χ4n) is 4.31. The summed E-state index contributed by atoms with van der Waals surface area (Å²) < 4.78 is 190. The van der Waals surface area contributed by atoms with Crippen molar-refractivity contribution in [1.29, 1.82) is 0 Å². The molecular formula is C26H28F12O4. The van der Waals surface area contributed by atoms with Gasteiger partial charge in [-0.15, -0.1) is 0 Å². The zero-order valence-corrected chi connectivity index (χ0v) is 21.8. The Balaban J connectivity index is 1.82. The Kier molecular flexibility index (Phi) is 10.6. The van der Waals surface area contributed by atoms with E-state index in [2.05, 4.69) is 18.9 Å². The van der Waals surface area contributed by atoms with Crippen LogP contribution in [0.3, 0.4) is 0 Å². The maximum absolute atomic E-state index is 14.3. The second kappa shape index (κ2) is 12.9. The van der Waals surface area contributed by atoms with Crippen LogP contribution in [-0.2, 0) is 18.9 Å². The van der Waals surface area contributed by atoms with Gasteiger partial charge < -0.3 is 18.9 Å². The van der Waals surface area contributed by atoms with Gasteiger partial charge in [0.1, 0.15) is 26.4 Å². The average Bonchev–Trinajstić information content (AvgIpc) is 2.89. The molecule has 1 fully saturated rings. The first-order valence-electron chi connectivity index (χ1n) is 12.6. The molecular weight excluding hydrogens is 604 g/mol. The summed E-state index contributed by atoms with van der Waals surface area (Å²) in [4.78, 5) is 0. The zero-order valence-electron chi connectivity index (χ0n) is 21.8. The van der Waals surface area contributed by atoms with Crippen molar-refractivity contribution in [2.75, 3.05) is 52.9 Å². The second-order valence-corrected chi connectivity index (χ2v) is 10.2. The van der Waals surface area contributed by atoms with E-state index >= 15 is 0 Å². The van der Waals surface area contributed by atoms with Crippen molar-refractivity contribution >= 4 is 0 Å². The molecule has 0 aromatic carbocycles. The fourth-order valence-corrected chi connectivity index (χ4v) is 4.31. The third kappa shape index (κ3) is 7.36. The minimum atomic E-state index is -5.92. The number of halogens is 12. The number of allylic oxidation sites excluding steroid dienone is 4. The van der Waals surface area contributed by atoms with E-state index in [9.17, 15) is 52.7 Å². The van der Waals surface area contributed by atoms with Gasteiger partial charge in [-0.2, -0.15) is 52.7 Å². The largest absolute Gasteiger partial charge is 0.376 e. The zero-order chi connectivity index (χ0) is 31.5. The summed E-state index contributed by atoms with van der Waals surface area (Å²) >= 11 is 0. The maximum Gasteiger partial charge on any atom is 0.376 e. The van der Waals surface area contributed by atoms with E-state index in [4.69, 9.17) is 0 Å². The van der Waals surface area contributed by atoms with Gasteiger partial charge in [0.25, 0.3) is 0 Å². The Bertz CT molecular complexity index is 869. The third-order valence-corrected chi connectivity index (χ3v) is 6.97. The number of ether oxygens (including phenoxy) is 4. The van der Waals surface area contributed by atoms with Crippen LogP contribution in [0.4, 0.5) is 52.7 Å². The van der Waals surface area contributed by atoms with Crippen molar-refractivity contribution in [3.63, 3.8) is 0 Å². The van der Waals surface area contributed by atoms with E-state index in [0.717, 1.165) is 0 Å². The van der Waals surface area contributed by atoms with Crippen LogP contribution in [0.1, 0.15) is 0 Å². The Morgan fingerprint density at radius 1 is 0.357 bits per heavy atom.